The van der Waals surface area contributed by atoms with Crippen LogP contribution in [0.25, 0.3) is 0 Å². The van der Waals surface area contributed by atoms with Crippen molar-refractivity contribution in [2.24, 2.45) is 0 Å². The van der Waals surface area contributed by atoms with Crippen molar-refractivity contribution in [3.63, 3.8) is 0 Å². The van der Waals surface area contributed by atoms with Crippen LogP contribution in [0, 0.1) is 15.9 Å². The molecule has 0 fully saturated rings. The maximum Gasteiger partial charge on any atom is 0.304 e. The van der Waals surface area contributed by atoms with Crippen molar-refractivity contribution >= 4 is 5.69 Å². The topological polar surface area (TPSA) is 52.4 Å². The molecule has 0 saturated heterocycles. The number of nitrogens with zero attached hydrogens (tertiary/aromatic N) is 1. The molecule has 0 saturated carbocycles. The van der Waals surface area contributed by atoms with E-state index in [1.807, 2.05) is 30.3 Å². The smallest absolute Gasteiger partial charge is 0.304 e. The summed E-state index contributed by atoms with van der Waals surface area (Å²) in [5.41, 5.74) is 1.07. The molecule has 0 atom stereocenters. The largest absolute Gasteiger partial charge is 0.372 e. The minimum Gasteiger partial charge on any atom is -0.372 e. The summed E-state index contributed by atoms with van der Waals surface area (Å²) in [6, 6.07) is 13.3. The van der Waals surface area contributed by atoms with E-state index in [1.165, 1.54) is 6.07 Å². The molecule has 4 nitrogen and oxygen atoms in total. The summed E-state index contributed by atoms with van der Waals surface area (Å²) in [7, 11) is 0. The van der Waals surface area contributed by atoms with Gasteiger partial charge in [-0.1, -0.05) is 30.3 Å². The van der Waals surface area contributed by atoms with E-state index in [9.17, 15) is 14.5 Å². The Morgan fingerprint density at radius 1 is 1.05 bits per heavy atom. The van der Waals surface area contributed by atoms with Crippen LogP contribution in [0.1, 0.15) is 11.1 Å². The molecular weight excluding hydrogens is 249 g/mol. The highest BCUT2D eigenvalue weighted by atomic mass is 19.1. The van der Waals surface area contributed by atoms with Gasteiger partial charge in [0, 0.05) is 6.07 Å². The first-order chi connectivity index (χ1) is 9.16. The van der Waals surface area contributed by atoms with Gasteiger partial charge in [0.15, 0.2) is 0 Å². The summed E-state index contributed by atoms with van der Waals surface area (Å²) in [5.74, 6) is -0.842. The minimum atomic E-state index is -0.842. The summed E-state index contributed by atoms with van der Waals surface area (Å²) < 4.78 is 18.8. The summed E-state index contributed by atoms with van der Waals surface area (Å²) in [5, 5.41) is 10.5. The van der Waals surface area contributed by atoms with Gasteiger partial charge in [0.25, 0.3) is 0 Å². The molecule has 5 heteroatoms. The van der Waals surface area contributed by atoms with Crippen molar-refractivity contribution in [2.45, 2.75) is 13.2 Å². The van der Waals surface area contributed by atoms with Gasteiger partial charge in [0.1, 0.15) is 0 Å². The SMILES string of the molecule is O=[N+]([O-])c1ccc(COCc2ccccc2)cc1F. The molecule has 2 rings (SSSR count). The molecule has 19 heavy (non-hydrogen) atoms. The number of benzene rings is 2. The fourth-order valence-electron chi connectivity index (χ4n) is 1.65. The molecular formula is C14H12FNO3. The standard InChI is InChI=1S/C14H12FNO3/c15-13-8-12(6-7-14(13)16(17)18)10-19-9-11-4-2-1-3-5-11/h1-8H,9-10H2. The lowest BCUT2D eigenvalue weighted by Gasteiger charge is -2.05. The van der Waals surface area contributed by atoms with Gasteiger partial charge in [-0.25, -0.2) is 0 Å². The number of ether oxygens (including phenoxy) is 1. The van der Waals surface area contributed by atoms with E-state index in [2.05, 4.69) is 0 Å². The van der Waals surface area contributed by atoms with Gasteiger partial charge in [0.2, 0.25) is 5.82 Å². The normalized spacial score (nSPS) is 10.4. The Labute approximate surface area is 109 Å². The van der Waals surface area contributed by atoms with E-state index in [0.717, 1.165) is 17.7 Å². The second-order valence-corrected chi connectivity index (χ2v) is 4.02. The summed E-state index contributed by atoms with van der Waals surface area (Å²) in [6.07, 6.45) is 0. The lowest BCUT2D eigenvalue weighted by Crippen LogP contribution is -1.97. The molecule has 0 heterocycles. The Hall–Kier alpha value is -2.27. The third-order valence-electron chi connectivity index (χ3n) is 2.59. The van der Waals surface area contributed by atoms with E-state index in [1.54, 1.807) is 0 Å². The Kier molecular flexibility index (Phi) is 4.20. The molecule has 0 unspecified atom stereocenters. The first-order valence-electron chi connectivity index (χ1n) is 5.71. The van der Waals surface area contributed by atoms with Crippen LogP contribution in [-0.2, 0) is 18.0 Å². The van der Waals surface area contributed by atoms with Gasteiger partial charge >= 0.3 is 5.69 Å². The maximum atomic E-state index is 13.4. The molecule has 0 aromatic heterocycles. The van der Waals surface area contributed by atoms with Crippen LogP contribution < -0.4 is 0 Å². The van der Waals surface area contributed by atoms with Crippen molar-refractivity contribution in [2.75, 3.05) is 0 Å². The van der Waals surface area contributed by atoms with E-state index >= 15 is 0 Å². The Bertz CT molecular complexity index is 572. The van der Waals surface area contributed by atoms with Crippen molar-refractivity contribution < 1.29 is 14.1 Å². The van der Waals surface area contributed by atoms with Crippen LogP contribution in [0.2, 0.25) is 0 Å². The highest BCUT2D eigenvalue weighted by Crippen LogP contribution is 2.18. The molecule has 0 bridgehead atoms. The third kappa shape index (κ3) is 3.59. The minimum absolute atomic E-state index is 0.212. The van der Waals surface area contributed by atoms with E-state index in [4.69, 9.17) is 4.74 Å². The zero-order valence-corrected chi connectivity index (χ0v) is 10.1. The number of nitro groups is 1. The molecule has 0 radical (unpaired) electrons. The second-order valence-electron chi connectivity index (χ2n) is 4.02. The quantitative estimate of drug-likeness (QED) is 0.611. The average Bonchev–Trinajstić information content (AvgIpc) is 2.39. The predicted molar refractivity (Wildman–Crippen MR) is 68.0 cm³/mol. The number of rotatable bonds is 5. The molecule has 2 aromatic carbocycles. The zero-order chi connectivity index (χ0) is 13.7. The maximum absolute atomic E-state index is 13.4. The van der Waals surface area contributed by atoms with Crippen LogP contribution in [0.3, 0.4) is 0 Å². The molecule has 0 aliphatic rings. The Balaban J connectivity index is 1.93. The number of nitro benzene ring substituents is 1. The molecule has 98 valence electrons. The van der Waals surface area contributed by atoms with Gasteiger partial charge in [-0.2, -0.15) is 4.39 Å². The average molecular weight is 261 g/mol. The van der Waals surface area contributed by atoms with E-state index in [0.29, 0.717) is 12.2 Å². The summed E-state index contributed by atoms with van der Waals surface area (Å²) >= 11 is 0. The number of hydrogen-bond donors (Lipinski definition) is 0. The van der Waals surface area contributed by atoms with Gasteiger partial charge in [-0.15, -0.1) is 0 Å². The van der Waals surface area contributed by atoms with Crippen molar-refractivity contribution in [1.82, 2.24) is 0 Å². The first-order valence-corrected chi connectivity index (χ1v) is 5.71. The van der Waals surface area contributed by atoms with Gasteiger partial charge in [-0.05, 0) is 23.3 Å². The first kappa shape index (κ1) is 13.2. The monoisotopic (exact) mass is 261 g/mol. The third-order valence-corrected chi connectivity index (χ3v) is 2.59. The van der Waals surface area contributed by atoms with Crippen LogP contribution >= 0.6 is 0 Å². The van der Waals surface area contributed by atoms with Crippen LogP contribution in [-0.4, -0.2) is 4.92 Å². The Morgan fingerprint density at radius 2 is 1.74 bits per heavy atom. The molecule has 0 aliphatic heterocycles. The van der Waals surface area contributed by atoms with Gasteiger partial charge < -0.3 is 4.74 Å². The Morgan fingerprint density at radius 3 is 2.37 bits per heavy atom. The van der Waals surface area contributed by atoms with Crippen LogP contribution in [0.5, 0.6) is 0 Å². The molecule has 0 amide bonds. The molecule has 2 aromatic rings. The van der Waals surface area contributed by atoms with Crippen molar-refractivity contribution in [1.29, 1.82) is 0 Å². The fourth-order valence-corrected chi connectivity index (χ4v) is 1.65. The number of hydrogen-bond acceptors (Lipinski definition) is 3. The van der Waals surface area contributed by atoms with E-state index < -0.39 is 16.4 Å². The van der Waals surface area contributed by atoms with Gasteiger partial charge in [-0.3, -0.25) is 10.1 Å². The van der Waals surface area contributed by atoms with E-state index in [-0.39, 0.29) is 6.61 Å². The number of halogens is 1. The van der Waals surface area contributed by atoms with Crippen LogP contribution in [0.4, 0.5) is 10.1 Å². The highest BCUT2D eigenvalue weighted by molar-refractivity contribution is 5.34. The lowest BCUT2D eigenvalue weighted by atomic mass is 10.2. The molecule has 0 aliphatic carbocycles. The highest BCUT2D eigenvalue weighted by Gasteiger charge is 2.13. The van der Waals surface area contributed by atoms with Crippen molar-refractivity contribution in [3.8, 4) is 0 Å². The predicted octanol–water partition coefficient (Wildman–Crippen LogP) is 3.45. The van der Waals surface area contributed by atoms with Crippen LogP contribution in [0.15, 0.2) is 48.5 Å². The summed E-state index contributed by atoms with van der Waals surface area (Å²) in [4.78, 5) is 9.72. The van der Waals surface area contributed by atoms with Gasteiger partial charge in [0.05, 0.1) is 18.1 Å². The summed E-state index contributed by atoms with van der Waals surface area (Å²) in [6.45, 7) is 0.628. The second kappa shape index (κ2) is 6.06. The lowest BCUT2D eigenvalue weighted by molar-refractivity contribution is -0.387. The van der Waals surface area contributed by atoms with Crippen molar-refractivity contribution in [3.05, 3.63) is 75.6 Å². The molecule has 0 spiro atoms. The zero-order valence-electron chi connectivity index (χ0n) is 10.1. The molecule has 0 N–H and O–H groups in total. The fraction of sp³-hybridized carbons (Fsp3) is 0.143.